The summed E-state index contributed by atoms with van der Waals surface area (Å²) in [6.07, 6.45) is 1.87. The van der Waals surface area contributed by atoms with Gasteiger partial charge in [-0.2, -0.15) is 0 Å². The molecule has 0 aliphatic carbocycles. The van der Waals surface area contributed by atoms with E-state index in [1.165, 1.54) is 0 Å². The van der Waals surface area contributed by atoms with Crippen LogP contribution in [0, 0.1) is 0 Å². The molecule has 0 aliphatic heterocycles. The highest BCUT2D eigenvalue weighted by atomic mass is 16.5. The van der Waals surface area contributed by atoms with E-state index in [1.807, 2.05) is 73.7 Å². The highest BCUT2D eigenvalue weighted by molar-refractivity contribution is 6.21. The molecule has 0 amide bonds. The number of methoxy groups -OCH3 is 1. The minimum absolute atomic E-state index is 0.316. The zero-order valence-corrected chi connectivity index (χ0v) is 14.4. The topological polar surface area (TPSA) is 35.5 Å². The lowest BCUT2D eigenvalue weighted by Gasteiger charge is -2.08. The van der Waals surface area contributed by atoms with Crippen LogP contribution in [0.3, 0.4) is 0 Å². The quantitative estimate of drug-likeness (QED) is 0.377. The van der Waals surface area contributed by atoms with E-state index in [2.05, 4.69) is 6.07 Å². The molecule has 3 aromatic carbocycles. The summed E-state index contributed by atoms with van der Waals surface area (Å²) in [5, 5.41) is 2.18. The van der Waals surface area contributed by atoms with Gasteiger partial charge in [-0.25, -0.2) is 4.79 Å². The van der Waals surface area contributed by atoms with E-state index in [-0.39, 0.29) is 5.97 Å². The predicted octanol–water partition coefficient (Wildman–Crippen LogP) is 4.95. The summed E-state index contributed by atoms with van der Waals surface area (Å²) in [7, 11) is 1.66. The number of rotatable bonds is 5. The molecule has 0 radical (unpaired) electrons. The van der Waals surface area contributed by atoms with E-state index in [1.54, 1.807) is 7.11 Å². The molecular weight excluding hydrogens is 312 g/mol. The van der Waals surface area contributed by atoms with Crippen molar-refractivity contribution in [2.24, 2.45) is 0 Å². The Morgan fingerprint density at radius 3 is 2.40 bits per heavy atom. The Kier molecular flexibility index (Phi) is 5.14. The largest absolute Gasteiger partial charge is 0.497 e. The van der Waals surface area contributed by atoms with E-state index in [9.17, 15) is 4.79 Å². The number of esters is 1. The molecule has 0 saturated carbocycles. The van der Waals surface area contributed by atoms with Crippen molar-refractivity contribution in [3.63, 3.8) is 0 Å². The summed E-state index contributed by atoms with van der Waals surface area (Å²) in [6, 6.07) is 21.6. The molecule has 0 saturated heterocycles. The van der Waals surface area contributed by atoms with Crippen molar-refractivity contribution in [1.29, 1.82) is 0 Å². The Balaban J connectivity index is 2.04. The average Bonchev–Trinajstić information content (AvgIpc) is 2.66. The smallest absolute Gasteiger partial charge is 0.338 e. The lowest BCUT2D eigenvalue weighted by molar-refractivity contribution is -0.136. The monoisotopic (exact) mass is 332 g/mol. The van der Waals surface area contributed by atoms with Crippen molar-refractivity contribution in [3.05, 3.63) is 77.9 Å². The van der Waals surface area contributed by atoms with Crippen LogP contribution in [0.2, 0.25) is 0 Å². The molecule has 3 aromatic rings. The summed E-state index contributed by atoms with van der Waals surface area (Å²) in [5.41, 5.74) is 2.34. The molecule has 0 atom stereocenters. The molecular formula is C22H20O3. The van der Waals surface area contributed by atoms with E-state index in [4.69, 9.17) is 9.47 Å². The van der Waals surface area contributed by atoms with Crippen LogP contribution in [0.25, 0.3) is 22.4 Å². The van der Waals surface area contributed by atoms with Crippen LogP contribution in [0.4, 0.5) is 0 Å². The molecule has 0 heterocycles. The van der Waals surface area contributed by atoms with Gasteiger partial charge >= 0.3 is 5.97 Å². The van der Waals surface area contributed by atoms with Crippen molar-refractivity contribution >= 4 is 28.4 Å². The fraction of sp³-hybridized carbons (Fsp3) is 0.136. The van der Waals surface area contributed by atoms with Gasteiger partial charge < -0.3 is 9.47 Å². The Morgan fingerprint density at radius 2 is 1.68 bits per heavy atom. The first-order valence-electron chi connectivity index (χ1n) is 8.23. The lowest BCUT2D eigenvalue weighted by atomic mass is 10.0. The molecule has 0 fully saturated rings. The average molecular weight is 332 g/mol. The van der Waals surface area contributed by atoms with Gasteiger partial charge in [0.15, 0.2) is 0 Å². The van der Waals surface area contributed by atoms with E-state index in [0.717, 1.165) is 27.6 Å². The fourth-order valence-corrected chi connectivity index (χ4v) is 2.71. The first kappa shape index (κ1) is 16.8. The zero-order valence-electron chi connectivity index (χ0n) is 14.4. The molecule has 0 bridgehead atoms. The third kappa shape index (κ3) is 3.89. The maximum Gasteiger partial charge on any atom is 0.338 e. The fourth-order valence-electron chi connectivity index (χ4n) is 2.71. The van der Waals surface area contributed by atoms with Crippen LogP contribution in [0.5, 0.6) is 5.75 Å². The third-order valence-electron chi connectivity index (χ3n) is 3.96. The van der Waals surface area contributed by atoms with Crippen LogP contribution in [0.15, 0.2) is 66.7 Å². The second-order valence-electron chi connectivity index (χ2n) is 5.62. The van der Waals surface area contributed by atoms with Gasteiger partial charge in [0.05, 0.1) is 19.3 Å². The van der Waals surface area contributed by atoms with Crippen molar-refractivity contribution in [1.82, 2.24) is 0 Å². The van der Waals surface area contributed by atoms with Gasteiger partial charge in [0.1, 0.15) is 5.75 Å². The van der Waals surface area contributed by atoms with Crippen molar-refractivity contribution in [2.45, 2.75) is 6.92 Å². The molecule has 0 aliphatic rings. The summed E-state index contributed by atoms with van der Waals surface area (Å²) in [4.78, 5) is 12.4. The maximum atomic E-state index is 12.4. The molecule has 126 valence electrons. The number of carbonyl (C=O) groups excluding carboxylic acids is 1. The van der Waals surface area contributed by atoms with Crippen molar-refractivity contribution in [2.75, 3.05) is 13.7 Å². The van der Waals surface area contributed by atoms with Crippen LogP contribution in [-0.4, -0.2) is 19.7 Å². The molecule has 3 heteroatoms. The van der Waals surface area contributed by atoms with Gasteiger partial charge in [-0.05, 0) is 53.1 Å². The van der Waals surface area contributed by atoms with E-state index in [0.29, 0.717) is 12.2 Å². The highest BCUT2D eigenvalue weighted by Crippen LogP contribution is 2.25. The van der Waals surface area contributed by atoms with Gasteiger partial charge in [0.25, 0.3) is 0 Å². The lowest BCUT2D eigenvalue weighted by Crippen LogP contribution is -2.06. The zero-order chi connectivity index (χ0) is 17.6. The van der Waals surface area contributed by atoms with Crippen LogP contribution < -0.4 is 4.74 Å². The normalized spacial score (nSPS) is 11.4. The number of fused-ring (bicyclic) bond motifs is 1. The Morgan fingerprint density at radius 1 is 0.960 bits per heavy atom. The summed E-state index contributed by atoms with van der Waals surface area (Å²) in [5.74, 6) is 0.510. The highest BCUT2D eigenvalue weighted by Gasteiger charge is 2.13. The number of benzene rings is 3. The van der Waals surface area contributed by atoms with Gasteiger partial charge in [-0.15, -0.1) is 0 Å². The number of ether oxygens (including phenoxy) is 2. The molecule has 3 rings (SSSR count). The molecule has 0 spiro atoms. The predicted molar refractivity (Wildman–Crippen MR) is 101 cm³/mol. The molecule has 0 unspecified atom stereocenters. The van der Waals surface area contributed by atoms with Gasteiger partial charge in [-0.3, -0.25) is 0 Å². The van der Waals surface area contributed by atoms with E-state index >= 15 is 0 Å². The van der Waals surface area contributed by atoms with Crippen molar-refractivity contribution in [3.8, 4) is 5.75 Å². The first-order valence-corrected chi connectivity index (χ1v) is 8.23. The Hall–Kier alpha value is -3.07. The van der Waals surface area contributed by atoms with Crippen molar-refractivity contribution < 1.29 is 14.3 Å². The summed E-state index contributed by atoms with van der Waals surface area (Å²) < 4.78 is 10.5. The minimum atomic E-state index is -0.316. The molecule has 25 heavy (non-hydrogen) atoms. The van der Waals surface area contributed by atoms with Gasteiger partial charge in [-0.1, -0.05) is 48.5 Å². The second kappa shape index (κ2) is 7.67. The van der Waals surface area contributed by atoms with Crippen LogP contribution in [0.1, 0.15) is 18.1 Å². The van der Waals surface area contributed by atoms with E-state index < -0.39 is 0 Å². The first-order chi connectivity index (χ1) is 12.2. The number of carbonyl (C=O) groups is 1. The summed E-state index contributed by atoms with van der Waals surface area (Å²) >= 11 is 0. The van der Waals surface area contributed by atoms with Gasteiger partial charge in [0.2, 0.25) is 0 Å². The van der Waals surface area contributed by atoms with Crippen LogP contribution >= 0.6 is 0 Å². The molecule has 0 aromatic heterocycles. The van der Waals surface area contributed by atoms with Crippen LogP contribution in [-0.2, 0) is 9.53 Å². The third-order valence-corrected chi connectivity index (χ3v) is 3.96. The number of hydrogen-bond donors (Lipinski definition) is 0. The van der Waals surface area contributed by atoms with Gasteiger partial charge in [0, 0.05) is 0 Å². The maximum absolute atomic E-state index is 12.4. The SMILES string of the molecule is CCOC(=O)/C(=C/c1ccc2cc(OC)ccc2c1)c1ccccc1. The summed E-state index contributed by atoms with van der Waals surface area (Å²) in [6.45, 7) is 2.16. The Labute approximate surface area is 147 Å². The molecule has 0 N–H and O–H groups in total. The standard InChI is InChI=1S/C22H20O3/c1-3-25-22(23)21(17-7-5-4-6-8-17)14-16-9-10-19-15-20(24-2)12-11-18(19)13-16/h4-15H,3H2,1-2H3/b21-14+. The minimum Gasteiger partial charge on any atom is -0.497 e. The Bertz CT molecular complexity index is 911. The molecule has 3 nitrogen and oxygen atoms in total. The second-order valence-corrected chi connectivity index (χ2v) is 5.62. The number of hydrogen-bond acceptors (Lipinski definition) is 3.